The van der Waals surface area contributed by atoms with E-state index in [9.17, 15) is 8.78 Å². The van der Waals surface area contributed by atoms with E-state index in [4.69, 9.17) is 23.8 Å². The molecule has 1 heterocycles. The van der Waals surface area contributed by atoms with Crippen LogP contribution in [-0.4, -0.2) is 16.2 Å². The number of ether oxygens (including phenoxy) is 1. The lowest BCUT2D eigenvalue weighted by Crippen LogP contribution is -2.06. The summed E-state index contributed by atoms with van der Waals surface area (Å²) in [6.07, 6.45) is 0. The lowest BCUT2D eigenvalue weighted by atomic mass is 10.2. The van der Waals surface area contributed by atoms with Crippen LogP contribution in [0.25, 0.3) is 16.7 Å². The molecule has 0 bridgehead atoms. The molecule has 0 aliphatic carbocycles. The van der Waals surface area contributed by atoms with E-state index in [2.05, 4.69) is 9.72 Å². The lowest BCUT2D eigenvalue weighted by Gasteiger charge is -2.12. The molecule has 1 aromatic heterocycles. The van der Waals surface area contributed by atoms with Crippen LogP contribution < -0.4 is 4.74 Å². The second kappa shape index (κ2) is 5.46. The van der Waals surface area contributed by atoms with Gasteiger partial charge in [-0.25, -0.2) is 0 Å². The highest BCUT2D eigenvalue weighted by atomic mass is 35.5. The van der Waals surface area contributed by atoms with Crippen LogP contribution in [0.2, 0.25) is 5.02 Å². The third-order valence-corrected chi connectivity index (χ3v) is 3.49. The van der Waals surface area contributed by atoms with E-state index in [1.54, 1.807) is 41.0 Å². The number of hydrogen-bond acceptors (Lipinski definition) is 2. The summed E-state index contributed by atoms with van der Waals surface area (Å²) in [5.74, 6) is 0.0458. The molecule has 3 nitrogen and oxygen atoms in total. The van der Waals surface area contributed by atoms with E-state index < -0.39 is 6.61 Å². The summed E-state index contributed by atoms with van der Waals surface area (Å²) in [5, 5.41) is 0.525. The molecule has 0 aliphatic rings. The first kappa shape index (κ1) is 14.0. The Balaban J connectivity index is 2.28. The Morgan fingerprint density at radius 2 is 1.95 bits per heavy atom. The Labute approximate surface area is 128 Å². The van der Waals surface area contributed by atoms with Gasteiger partial charge in [0.1, 0.15) is 5.75 Å². The van der Waals surface area contributed by atoms with E-state index in [1.807, 2.05) is 0 Å². The Hall–Kier alpha value is -1.92. The minimum absolute atomic E-state index is 0.0458. The van der Waals surface area contributed by atoms with Crippen molar-refractivity contribution in [2.45, 2.75) is 6.61 Å². The van der Waals surface area contributed by atoms with Crippen LogP contribution in [-0.2, 0) is 0 Å². The maximum atomic E-state index is 12.5. The molecule has 0 atom stereocenters. The SMILES string of the molecule is FC(F)Oc1ccccc1-n1c(=S)[nH]c2ccc(Cl)cc21. The number of H-pyrrole nitrogens is 1. The fourth-order valence-electron chi connectivity index (χ4n) is 2.15. The van der Waals surface area contributed by atoms with Crippen molar-refractivity contribution < 1.29 is 13.5 Å². The second-order valence-corrected chi connectivity index (χ2v) is 5.10. The zero-order valence-electron chi connectivity index (χ0n) is 10.5. The molecule has 0 spiro atoms. The zero-order valence-corrected chi connectivity index (χ0v) is 12.1. The molecular formula is C14H9ClF2N2OS. The molecule has 0 fully saturated rings. The number of alkyl halides is 2. The molecule has 21 heavy (non-hydrogen) atoms. The van der Waals surface area contributed by atoms with Gasteiger partial charge >= 0.3 is 6.61 Å². The first-order valence-corrected chi connectivity index (χ1v) is 6.79. The Bertz CT molecular complexity index is 860. The molecule has 0 aliphatic heterocycles. The zero-order chi connectivity index (χ0) is 15.0. The largest absolute Gasteiger partial charge is 0.433 e. The fraction of sp³-hybridized carbons (Fsp3) is 0.0714. The topological polar surface area (TPSA) is 29.9 Å². The van der Waals surface area contributed by atoms with E-state index in [-0.39, 0.29) is 5.75 Å². The average Bonchev–Trinajstić information content (AvgIpc) is 2.74. The Morgan fingerprint density at radius 3 is 2.71 bits per heavy atom. The molecule has 0 amide bonds. The van der Waals surface area contributed by atoms with Gasteiger partial charge in [0.05, 0.1) is 16.7 Å². The summed E-state index contributed by atoms with van der Waals surface area (Å²) in [6, 6.07) is 11.7. The van der Waals surface area contributed by atoms with Crippen molar-refractivity contribution in [1.29, 1.82) is 0 Å². The van der Waals surface area contributed by atoms with Gasteiger partial charge in [-0.15, -0.1) is 0 Å². The van der Waals surface area contributed by atoms with Crippen LogP contribution in [0, 0.1) is 4.77 Å². The van der Waals surface area contributed by atoms with Crippen LogP contribution in [0.15, 0.2) is 42.5 Å². The minimum Gasteiger partial charge on any atom is -0.433 e. The van der Waals surface area contributed by atoms with Crippen molar-refractivity contribution in [3.8, 4) is 11.4 Å². The Morgan fingerprint density at radius 1 is 1.19 bits per heavy atom. The summed E-state index contributed by atoms with van der Waals surface area (Å²) in [5.41, 5.74) is 1.88. The van der Waals surface area contributed by atoms with Crippen LogP contribution in [0.1, 0.15) is 0 Å². The summed E-state index contributed by atoms with van der Waals surface area (Å²) in [7, 11) is 0. The quantitative estimate of drug-likeness (QED) is 0.691. The van der Waals surface area contributed by atoms with Crippen LogP contribution in [0.3, 0.4) is 0 Å². The predicted octanol–water partition coefficient (Wildman–Crippen LogP) is 4.94. The van der Waals surface area contributed by atoms with Crippen molar-refractivity contribution >= 4 is 34.9 Å². The first-order valence-electron chi connectivity index (χ1n) is 6.01. The fourth-order valence-corrected chi connectivity index (χ4v) is 2.63. The van der Waals surface area contributed by atoms with Crippen molar-refractivity contribution in [1.82, 2.24) is 9.55 Å². The number of nitrogens with one attached hydrogen (secondary N) is 1. The van der Waals surface area contributed by atoms with Crippen molar-refractivity contribution in [3.63, 3.8) is 0 Å². The number of para-hydroxylation sites is 2. The van der Waals surface area contributed by atoms with Crippen LogP contribution >= 0.6 is 23.8 Å². The maximum absolute atomic E-state index is 12.5. The lowest BCUT2D eigenvalue weighted by molar-refractivity contribution is -0.0498. The van der Waals surface area contributed by atoms with E-state index in [0.29, 0.717) is 21.0 Å². The Kier molecular flexibility index (Phi) is 3.65. The molecule has 3 aromatic rings. The molecule has 7 heteroatoms. The minimum atomic E-state index is -2.91. The molecule has 1 N–H and O–H groups in total. The third kappa shape index (κ3) is 2.64. The summed E-state index contributed by atoms with van der Waals surface area (Å²) in [6.45, 7) is -2.91. The normalized spacial score (nSPS) is 11.2. The molecule has 0 radical (unpaired) electrons. The number of rotatable bonds is 3. The summed E-state index contributed by atoms with van der Waals surface area (Å²) < 4.78 is 31.6. The molecule has 0 saturated carbocycles. The highest BCUT2D eigenvalue weighted by Crippen LogP contribution is 2.29. The number of imidazole rings is 1. The molecule has 3 rings (SSSR count). The van der Waals surface area contributed by atoms with E-state index in [1.165, 1.54) is 6.07 Å². The van der Waals surface area contributed by atoms with Crippen molar-refractivity contribution in [3.05, 3.63) is 52.3 Å². The second-order valence-electron chi connectivity index (χ2n) is 4.27. The van der Waals surface area contributed by atoms with Crippen LogP contribution in [0.5, 0.6) is 5.75 Å². The number of aromatic amines is 1. The van der Waals surface area contributed by atoms with Crippen LogP contribution in [0.4, 0.5) is 8.78 Å². The highest BCUT2D eigenvalue weighted by Gasteiger charge is 2.14. The molecular weight excluding hydrogens is 318 g/mol. The van der Waals surface area contributed by atoms with Gasteiger partial charge < -0.3 is 9.72 Å². The molecule has 108 valence electrons. The smallest absolute Gasteiger partial charge is 0.387 e. The number of aromatic nitrogens is 2. The van der Waals surface area contributed by atoms with Crippen molar-refractivity contribution in [2.24, 2.45) is 0 Å². The van der Waals surface area contributed by atoms with E-state index >= 15 is 0 Å². The van der Waals surface area contributed by atoms with E-state index in [0.717, 1.165) is 5.52 Å². The van der Waals surface area contributed by atoms with Gasteiger partial charge in [0.2, 0.25) is 0 Å². The van der Waals surface area contributed by atoms with Gasteiger partial charge in [-0.3, -0.25) is 4.57 Å². The average molecular weight is 327 g/mol. The van der Waals surface area contributed by atoms with Crippen molar-refractivity contribution in [2.75, 3.05) is 0 Å². The number of hydrogen-bond donors (Lipinski definition) is 1. The highest BCUT2D eigenvalue weighted by molar-refractivity contribution is 7.71. The van der Waals surface area contributed by atoms with Gasteiger partial charge in [-0.1, -0.05) is 23.7 Å². The standard InChI is InChI=1S/C14H9ClF2N2OS/c15-8-5-6-9-11(7-8)19(14(21)18-9)10-3-1-2-4-12(10)20-13(16)17/h1-7,13H,(H,18,21). The monoisotopic (exact) mass is 326 g/mol. The van der Waals surface area contributed by atoms with Gasteiger partial charge in [-0.2, -0.15) is 8.78 Å². The first-order chi connectivity index (χ1) is 10.1. The molecule has 0 saturated heterocycles. The number of halogens is 3. The molecule has 0 unspecified atom stereocenters. The summed E-state index contributed by atoms with van der Waals surface area (Å²) >= 11 is 11.3. The maximum Gasteiger partial charge on any atom is 0.387 e. The number of fused-ring (bicyclic) bond motifs is 1. The number of benzene rings is 2. The van der Waals surface area contributed by atoms with Gasteiger partial charge in [0.25, 0.3) is 0 Å². The number of nitrogens with zero attached hydrogens (tertiary/aromatic N) is 1. The predicted molar refractivity (Wildman–Crippen MR) is 80.1 cm³/mol. The molecule has 2 aromatic carbocycles. The third-order valence-electron chi connectivity index (χ3n) is 2.97. The summed E-state index contributed by atoms with van der Waals surface area (Å²) in [4.78, 5) is 3.01. The van der Waals surface area contributed by atoms with Gasteiger partial charge in [0, 0.05) is 5.02 Å². The van der Waals surface area contributed by atoms with Gasteiger partial charge in [-0.05, 0) is 42.5 Å². The van der Waals surface area contributed by atoms with Gasteiger partial charge in [0.15, 0.2) is 4.77 Å².